The predicted molar refractivity (Wildman–Crippen MR) is 110 cm³/mol. The Hall–Kier alpha value is -3.13. The Morgan fingerprint density at radius 2 is 1.97 bits per heavy atom. The van der Waals surface area contributed by atoms with Crippen molar-refractivity contribution in [3.8, 4) is 5.75 Å². The molecule has 152 valence electrons. The second-order valence-corrected chi connectivity index (χ2v) is 7.99. The molecule has 1 N–H and O–H groups in total. The molecule has 0 spiro atoms. The van der Waals surface area contributed by atoms with Crippen molar-refractivity contribution in [3.05, 3.63) is 57.1 Å². The number of nitro benzene ring substituents is 1. The van der Waals surface area contributed by atoms with Crippen LogP contribution in [0.2, 0.25) is 5.02 Å². The van der Waals surface area contributed by atoms with Gasteiger partial charge in [0.05, 0.1) is 22.2 Å². The maximum Gasteiger partial charge on any atom is 0.283 e. The third-order valence-electron chi connectivity index (χ3n) is 4.38. The average Bonchev–Trinajstić information content (AvgIpc) is 2.65. The van der Waals surface area contributed by atoms with Crippen LogP contribution in [0.1, 0.15) is 31.1 Å². The molecule has 0 unspecified atom stereocenters. The van der Waals surface area contributed by atoms with Crippen molar-refractivity contribution < 1.29 is 19.2 Å². The SMILES string of the molecule is CC(C)(C)C(=O)N1CCOc2ccc(NC(=O)c3c(Cl)cccc3[N+](=O)[O-])cc21. The molecule has 0 saturated carbocycles. The first kappa shape index (κ1) is 20.6. The zero-order chi connectivity index (χ0) is 21.3. The maximum atomic E-state index is 12.8. The van der Waals surface area contributed by atoms with Gasteiger partial charge < -0.3 is 15.0 Å². The molecule has 3 rings (SSSR count). The lowest BCUT2D eigenvalue weighted by Crippen LogP contribution is -2.44. The lowest BCUT2D eigenvalue weighted by atomic mass is 9.94. The summed E-state index contributed by atoms with van der Waals surface area (Å²) in [5.41, 5.74) is -0.314. The van der Waals surface area contributed by atoms with Crippen molar-refractivity contribution in [1.29, 1.82) is 0 Å². The monoisotopic (exact) mass is 417 g/mol. The summed E-state index contributed by atoms with van der Waals surface area (Å²) in [6.07, 6.45) is 0. The van der Waals surface area contributed by atoms with Crippen LogP contribution in [0.25, 0.3) is 0 Å². The van der Waals surface area contributed by atoms with Gasteiger partial charge >= 0.3 is 0 Å². The van der Waals surface area contributed by atoms with E-state index in [1.54, 1.807) is 23.1 Å². The molecule has 29 heavy (non-hydrogen) atoms. The van der Waals surface area contributed by atoms with E-state index < -0.39 is 16.2 Å². The fourth-order valence-corrected chi connectivity index (χ4v) is 3.25. The molecule has 2 aromatic rings. The number of hydrogen-bond acceptors (Lipinski definition) is 5. The van der Waals surface area contributed by atoms with Gasteiger partial charge in [-0.05, 0) is 24.3 Å². The van der Waals surface area contributed by atoms with Gasteiger partial charge in [-0.15, -0.1) is 0 Å². The number of benzene rings is 2. The molecular weight excluding hydrogens is 398 g/mol. The van der Waals surface area contributed by atoms with Crippen molar-refractivity contribution >= 4 is 40.5 Å². The number of anilines is 2. The van der Waals surface area contributed by atoms with Crippen LogP contribution in [0.4, 0.5) is 17.1 Å². The second kappa shape index (κ2) is 7.71. The standard InChI is InChI=1S/C20H20ClN3O5/c1-20(2,3)19(26)23-9-10-29-16-8-7-12(11-15(16)23)22-18(25)17-13(21)5-4-6-14(17)24(27)28/h4-8,11H,9-10H2,1-3H3,(H,22,25). The van der Waals surface area contributed by atoms with Gasteiger partial charge in [0.2, 0.25) is 5.91 Å². The van der Waals surface area contributed by atoms with E-state index in [9.17, 15) is 19.7 Å². The molecule has 0 saturated heterocycles. The van der Waals surface area contributed by atoms with E-state index in [0.717, 1.165) is 0 Å². The molecule has 8 nitrogen and oxygen atoms in total. The third-order valence-corrected chi connectivity index (χ3v) is 4.70. The van der Waals surface area contributed by atoms with Crippen LogP contribution in [0.5, 0.6) is 5.75 Å². The molecule has 0 radical (unpaired) electrons. The van der Waals surface area contributed by atoms with Gasteiger partial charge in [-0.2, -0.15) is 0 Å². The summed E-state index contributed by atoms with van der Waals surface area (Å²) in [6.45, 7) is 6.23. The Balaban J connectivity index is 1.94. The number of halogens is 1. The Morgan fingerprint density at radius 3 is 2.62 bits per heavy atom. The topological polar surface area (TPSA) is 102 Å². The number of nitrogens with zero attached hydrogens (tertiary/aromatic N) is 2. The Kier molecular flexibility index (Phi) is 5.48. The van der Waals surface area contributed by atoms with Crippen molar-refractivity contribution in [2.24, 2.45) is 5.41 Å². The smallest absolute Gasteiger partial charge is 0.283 e. The first-order valence-electron chi connectivity index (χ1n) is 8.92. The highest BCUT2D eigenvalue weighted by atomic mass is 35.5. The first-order valence-corrected chi connectivity index (χ1v) is 9.30. The van der Waals surface area contributed by atoms with E-state index in [-0.39, 0.29) is 22.2 Å². The number of amides is 2. The molecule has 0 aromatic heterocycles. The molecular formula is C20H20ClN3O5. The summed E-state index contributed by atoms with van der Waals surface area (Å²) in [5, 5.41) is 13.8. The highest BCUT2D eigenvalue weighted by Gasteiger charge is 2.32. The van der Waals surface area contributed by atoms with Crippen LogP contribution in [-0.4, -0.2) is 29.9 Å². The molecule has 0 aliphatic carbocycles. The van der Waals surface area contributed by atoms with Gasteiger partial charge in [0, 0.05) is 17.2 Å². The minimum absolute atomic E-state index is 0.0254. The molecule has 2 amide bonds. The summed E-state index contributed by atoms with van der Waals surface area (Å²) >= 11 is 6.03. The van der Waals surface area contributed by atoms with Crippen molar-refractivity contribution in [1.82, 2.24) is 0 Å². The van der Waals surface area contributed by atoms with Crippen molar-refractivity contribution in [2.45, 2.75) is 20.8 Å². The number of nitrogens with one attached hydrogen (secondary N) is 1. The largest absolute Gasteiger partial charge is 0.490 e. The zero-order valence-corrected chi connectivity index (χ0v) is 16.9. The maximum absolute atomic E-state index is 12.8. The van der Waals surface area contributed by atoms with Crippen molar-refractivity contribution in [3.63, 3.8) is 0 Å². The summed E-state index contributed by atoms with van der Waals surface area (Å²) in [7, 11) is 0. The highest BCUT2D eigenvalue weighted by molar-refractivity contribution is 6.35. The van der Waals surface area contributed by atoms with E-state index in [1.165, 1.54) is 18.2 Å². The van der Waals surface area contributed by atoms with E-state index in [2.05, 4.69) is 5.32 Å². The molecule has 9 heteroatoms. The molecule has 2 aromatic carbocycles. The molecule has 1 aliphatic heterocycles. The summed E-state index contributed by atoms with van der Waals surface area (Å²) in [4.78, 5) is 37.7. The lowest BCUT2D eigenvalue weighted by Gasteiger charge is -2.34. The third kappa shape index (κ3) is 4.17. The Morgan fingerprint density at radius 1 is 1.24 bits per heavy atom. The van der Waals surface area contributed by atoms with Gasteiger partial charge in [-0.3, -0.25) is 19.7 Å². The fraction of sp³-hybridized carbons (Fsp3) is 0.300. The van der Waals surface area contributed by atoms with E-state index in [4.69, 9.17) is 16.3 Å². The number of fused-ring (bicyclic) bond motifs is 1. The first-order chi connectivity index (χ1) is 13.6. The van der Waals surface area contributed by atoms with Crippen LogP contribution >= 0.6 is 11.6 Å². The molecule has 1 heterocycles. The fourth-order valence-electron chi connectivity index (χ4n) is 2.99. The minimum atomic E-state index is -0.715. The van der Waals surface area contributed by atoms with Crippen LogP contribution in [0.3, 0.4) is 0 Å². The van der Waals surface area contributed by atoms with Gasteiger partial charge in [0.15, 0.2) is 0 Å². The number of hydrogen-bond donors (Lipinski definition) is 1. The van der Waals surface area contributed by atoms with Crippen molar-refractivity contribution in [2.75, 3.05) is 23.4 Å². The summed E-state index contributed by atoms with van der Waals surface area (Å²) in [6, 6.07) is 8.89. The second-order valence-electron chi connectivity index (χ2n) is 7.58. The summed E-state index contributed by atoms with van der Waals surface area (Å²) < 4.78 is 5.61. The van der Waals surface area contributed by atoms with E-state index in [1.807, 2.05) is 20.8 Å². The van der Waals surface area contributed by atoms with Crippen LogP contribution in [0.15, 0.2) is 36.4 Å². The lowest BCUT2D eigenvalue weighted by molar-refractivity contribution is -0.385. The molecule has 0 atom stereocenters. The highest BCUT2D eigenvalue weighted by Crippen LogP contribution is 2.37. The van der Waals surface area contributed by atoms with Gasteiger partial charge in [-0.1, -0.05) is 38.4 Å². The Bertz CT molecular complexity index is 1000. The molecule has 0 fully saturated rings. The van der Waals surface area contributed by atoms with Crippen LogP contribution in [0, 0.1) is 15.5 Å². The average molecular weight is 418 g/mol. The number of ether oxygens (including phenoxy) is 1. The number of carbonyl (C=O) groups is 2. The quantitative estimate of drug-likeness (QED) is 0.593. The number of carbonyl (C=O) groups excluding carboxylic acids is 2. The Labute approximate surface area is 172 Å². The predicted octanol–water partition coefficient (Wildman–Crippen LogP) is 4.27. The zero-order valence-electron chi connectivity index (χ0n) is 16.2. The van der Waals surface area contributed by atoms with Crippen LogP contribution < -0.4 is 15.0 Å². The summed E-state index contributed by atoms with van der Waals surface area (Å²) in [5.74, 6) is -0.268. The van der Waals surface area contributed by atoms with Gasteiger partial charge in [-0.25, -0.2) is 0 Å². The normalized spacial score (nSPS) is 13.3. The minimum Gasteiger partial charge on any atom is -0.490 e. The van der Waals surface area contributed by atoms with Crippen LogP contribution in [-0.2, 0) is 4.79 Å². The van der Waals surface area contributed by atoms with Gasteiger partial charge in [0.1, 0.15) is 17.9 Å². The number of nitro groups is 1. The van der Waals surface area contributed by atoms with Gasteiger partial charge in [0.25, 0.3) is 11.6 Å². The molecule has 0 bridgehead atoms. The molecule has 1 aliphatic rings. The number of rotatable bonds is 3. The van der Waals surface area contributed by atoms with E-state index in [0.29, 0.717) is 30.3 Å². The van der Waals surface area contributed by atoms with E-state index >= 15 is 0 Å².